The molecule has 0 fully saturated rings. The zero-order valence-corrected chi connectivity index (χ0v) is 11.5. The second kappa shape index (κ2) is 5.65. The SMILES string of the molecule is Cc1ccc(C(C)Nc2cc(C(F)(F)F)cc(NN)n2)o1. The van der Waals surface area contributed by atoms with Crippen LogP contribution < -0.4 is 16.6 Å². The third-order valence-corrected chi connectivity index (χ3v) is 2.85. The first-order valence-corrected chi connectivity index (χ1v) is 6.18. The van der Waals surface area contributed by atoms with Crippen molar-refractivity contribution in [1.29, 1.82) is 0 Å². The Balaban J connectivity index is 2.27. The molecule has 2 aromatic rings. The highest BCUT2D eigenvalue weighted by atomic mass is 19.4. The molecule has 21 heavy (non-hydrogen) atoms. The predicted molar refractivity (Wildman–Crippen MR) is 72.5 cm³/mol. The predicted octanol–water partition coefficient (Wildman–Crippen LogP) is 3.46. The number of hydrogen-bond acceptors (Lipinski definition) is 5. The van der Waals surface area contributed by atoms with Crippen LogP contribution in [0.2, 0.25) is 0 Å². The number of halogens is 3. The maximum absolute atomic E-state index is 12.8. The van der Waals surface area contributed by atoms with Crippen LogP contribution in [-0.2, 0) is 6.18 Å². The van der Waals surface area contributed by atoms with E-state index in [1.165, 1.54) is 0 Å². The summed E-state index contributed by atoms with van der Waals surface area (Å²) in [6.07, 6.45) is -4.48. The van der Waals surface area contributed by atoms with Gasteiger partial charge in [0.15, 0.2) is 0 Å². The average Bonchev–Trinajstić information content (AvgIpc) is 2.84. The molecule has 2 aromatic heterocycles. The van der Waals surface area contributed by atoms with Crippen molar-refractivity contribution in [3.8, 4) is 0 Å². The minimum atomic E-state index is -4.48. The highest BCUT2D eigenvalue weighted by molar-refractivity contribution is 5.50. The zero-order chi connectivity index (χ0) is 15.6. The second-order valence-corrected chi connectivity index (χ2v) is 4.58. The lowest BCUT2D eigenvalue weighted by Crippen LogP contribution is -2.15. The Kier molecular flexibility index (Phi) is 4.08. The number of alkyl halides is 3. The van der Waals surface area contributed by atoms with E-state index >= 15 is 0 Å². The van der Waals surface area contributed by atoms with E-state index in [9.17, 15) is 13.2 Å². The van der Waals surface area contributed by atoms with Crippen LogP contribution in [0, 0.1) is 6.92 Å². The van der Waals surface area contributed by atoms with E-state index in [-0.39, 0.29) is 17.7 Å². The van der Waals surface area contributed by atoms with Gasteiger partial charge in [0.2, 0.25) is 0 Å². The van der Waals surface area contributed by atoms with E-state index in [1.54, 1.807) is 26.0 Å². The molecule has 0 aliphatic carbocycles. The average molecular weight is 300 g/mol. The number of aromatic nitrogens is 1. The number of pyridine rings is 1. The molecule has 2 heterocycles. The number of nitrogen functional groups attached to an aromatic ring is 1. The van der Waals surface area contributed by atoms with Crippen LogP contribution >= 0.6 is 0 Å². The Hall–Kier alpha value is -2.22. The first-order valence-electron chi connectivity index (χ1n) is 6.18. The molecule has 0 saturated heterocycles. The number of nitrogens with two attached hydrogens (primary N) is 1. The van der Waals surface area contributed by atoms with Gasteiger partial charge in [-0.15, -0.1) is 0 Å². The van der Waals surface area contributed by atoms with Gasteiger partial charge in [-0.25, -0.2) is 10.8 Å². The Morgan fingerprint density at radius 2 is 1.90 bits per heavy atom. The monoisotopic (exact) mass is 300 g/mol. The van der Waals surface area contributed by atoms with Gasteiger partial charge < -0.3 is 15.2 Å². The Bertz CT molecular complexity index is 624. The summed E-state index contributed by atoms with van der Waals surface area (Å²) in [5.41, 5.74) is 1.29. The molecule has 1 unspecified atom stereocenters. The molecule has 0 amide bonds. The van der Waals surface area contributed by atoms with Crippen molar-refractivity contribution in [2.45, 2.75) is 26.1 Å². The number of hydrogen-bond donors (Lipinski definition) is 3. The van der Waals surface area contributed by atoms with E-state index in [0.717, 1.165) is 17.9 Å². The summed E-state index contributed by atoms with van der Waals surface area (Å²) < 4.78 is 43.8. The molecular formula is C13H15F3N4O. The summed E-state index contributed by atoms with van der Waals surface area (Å²) in [6, 6.07) is 4.96. The fourth-order valence-corrected chi connectivity index (χ4v) is 1.82. The highest BCUT2D eigenvalue weighted by Crippen LogP contribution is 2.32. The van der Waals surface area contributed by atoms with Gasteiger partial charge in [-0.05, 0) is 38.1 Å². The summed E-state index contributed by atoms with van der Waals surface area (Å²) in [6.45, 7) is 3.55. The van der Waals surface area contributed by atoms with Crippen molar-refractivity contribution in [3.63, 3.8) is 0 Å². The molecule has 5 nitrogen and oxygen atoms in total. The number of hydrazine groups is 1. The summed E-state index contributed by atoms with van der Waals surface area (Å²) >= 11 is 0. The van der Waals surface area contributed by atoms with Crippen LogP contribution in [-0.4, -0.2) is 4.98 Å². The molecule has 0 aliphatic heterocycles. The number of aryl methyl sites for hydroxylation is 1. The first kappa shape index (κ1) is 15.2. The summed E-state index contributed by atoms with van der Waals surface area (Å²) in [5.74, 6) is 6.46. The molecule has 0 saturated carbocycles. The molecule has 0 aromatic carbocycles. The number of furan rings is 1. The van der Waals surface area contributed by atoms with Crippen molar-refractivity contribution in [1.82, 2.24) is 4.98 Å². The molecule has 1 atom stereocenters. The van der Waals surface area contributed by atoms with Gasteiger partial charge in [0, 0.05) is 0 Å². The standard InChI is InChI=1S/C13H15F3N4O/c1-7-3-4-10(21-7)8(2)18-11-5-9(13(14,15)16)6-12(19-11)20-17/h3-6,8H,17H2,1-2H3,(H2,18,19,20). The molecule has 0 aliphatic rings. The van der Waals surface area contributed by atoms with Crippen LogP contribution in [0.5, 0.6) is 0 Å². The Labute approximate surface area is 119 Å². The number of nitrogens with one attached hydrogen (secondary N) is 2. The van der Waals surface area contributed by atoms with E-state index in [1.807, 2.05) is 0 Å². The van der Waals surface area contributed by atoms with Crippen LogP contribution in [0.4, 0.5) is 24.8 Å². The van der Waals surface area contributed by atoms with Crippen molar-refractivity contribution in [2.24, 2.45) is 5.84 Å². The lowest BCUT2D eigenvalue weighted by Gasteiger charge is -2.15. The van der Waals surface area contributed by atoms with Crippen LogP contribution in [0.15, 0.2) is 28.7 Å². The van der Waals surface area contributed by atoms with Crippen LogP contribution in [0.1, 0.15) is 30.0 Å². The number of nitrogens with zero attached hydrogens (tertiary/aromatic N) is 1. The largest absolute Gasteiger partial charge is 0.464 e. The molecule has 4 N–H and O–H groups in total. The highest BCUT2D eigenvalue weighted by Gasteiger charge is 2.31. The smallest absolute Gasteiger partial charge is 0.416 e. The molecular weight excluding hydrogens is 285 g/mol. The molecule has 0 spiro atoms. The summed E-state index contributed by atoms with van der Waals surface area (Å²) in [5, 5.41) is 2.86. The van der Waals surface area contributed by atoms with Gasteiger partial charge in [0.05, 0.1) is 11.6 Å². The fraction of sp³-hybridized carbons (Fsp3) is 0.308. The zero-order valence-electron chi connectivity index (χ0n) is 11.5. The normalized spacial score (nSPS) is 13.0. The van der Waals surface area contributed by atoms with Gasteiger partial charge in [0.1, 0.15) is 23.2 Å². The molecule has 8 heteroatoms. The number of rotatable bonds is 4. The van der Waals surface area contributed by atoms with E-state index < -0.39 is 11.7 Å². The van der Waals surface area contributed by atoms with E-state index in [2.05, 4.69) is 15.7 Å². The topological polar surface area (TPSA) is 76.1 Å². The van der Waals surface area contributed by atoms with E-state index in [4.69, 9.17) is 10.3 Å². The van der Waals surface area contributed by atoms with E-state index in [0.29, 0.717) is 5.76 Å². The molecule has 0 bridgehead atoms. The van der Waals surface area contributed by atoms with Crippen molar-refractivity contribution < 1.29 is 17.6 Å². The molecule has 114 valence electrons. The van der Waals surface area contributed by atoms with Crippen molar-refractivity contribution in [2.75, 3.05) is 10.7 Å². The van der Waals surface area contributed by atoms with Gasteiger partial charge in [-0.3, -0.25) is 0 Å². The maximum Gasteiger partial charge on any atom is 0.416 e. The van der Waals surface area contributed by atoms with Gasteiger partial charge in [-0.1, -0.05) is 0 Å². The Morgan fingerprint density at radius 3 is 2.43 bits per heavy atom. The minimum absolute atomic E-state index is 0.0549. The third kappa shape index (κ3) is 3.66. The first-order chi connectivity index (χ1) is 9.79. The number of anilines is 2. The molecule has 2 rings (SSSR count). The van der Waals surface area contributed by atoms with Crippen molar-refractivity contribution in [3.05, 3.63) is 41.3 Å². The van der Waals surface area contributed by atoms with Gasteiger partial charge >= 0.3 is 6.18 Å². The van der Waals surface area contributed by atoms with Crippen molar-refractivity contribution >= 4 is 11.6 Å². The lowest BCUT2D eigenvalue weighted by molar-refractivity contribution is -0.137. The van der Waals surface area contributed by atoms with Gasteiger partial charge in [-0.2, -0.15) is 13.2 Å². The third-order valence-electron chi connectivity index (χ3n) is 2.85. The Morgan fingerprint density at radius 1 is 1.24 bits per heavy atom. The lowest BCUT2D eigenvalue weighted by atomic mass is 10.2. The summed E-state index contributed by atoms with van der Waals surface area (Å²) in [7, 11) is 0. The van der Waals surface area contributed by atoms with Crippen LogP contribution in [0.25, 0.3) is 0 Å². The quantitative estimate of drug-likeness (QED) is 0.595. The second-order valence-electron chi connectivity index (χ2n) is 4.58. The van der Waals surface area contributed by atoms with Gasteiger partial charge in [0.25, 0.3) is 0 Å². The summed E-state index contributed by atoms with van der Waals surface area (Å²) in [4.78, 5) is 3.95. The van der Waals surface area contributed by atoms with Crippen LogP contribution in [0.3, 0.4) is 0 Å². The minimum Gasteiger partial charge on any atom is -0.464 e. The molecule has 0 radical (unpaired) electrons. The fourth-order valence-electron chi connectivity index (χ4n) is 1.82. The maximum atomic E-state index is 12.8.